The molecule has 0 N–H and O–H groups in total. The monoisotopic (exact) mass is 717 g/mol. The van der Waals surface area contributed by atoms with Gasteiger partial charge in [0.25, 0.3) is 47.4 Å². The molecule has 250 valence electrons. The maximum Gasteiger partial charge on any atom is 0.297 e. The highest BCUT2D eigenvalue weighted by atomic mass is 32.2. The van der Waals surface area contributed by atoms with Gasteiger partial charge < -0.3 is 9.47 Å². The lowest BCUT2D eigenvalue weighted by molar-refractivity contribution is -0.385. The maximum absolute atomic E-state index is 13.4. The molecule has 23 heteroatoms. The van der Waals surface area contributed by atoms with E-state index in [1.807, 2.05) is 0 Å². The van der Waals surface area contributed by atoms with Crippen molar-refractivity contribution in [2.75, 3.05) is 6.61 Å². The normalized spacial score (nSPS) is 22.9. The molecular weight excluding hydrogens is 698 g/mol. The van der Waals surface area contributed by atoms with E-state index < -0.39 is 114 Å². The summed E-state index contributed by atoms with van der Waals surface area (Å²) in [6.45, 7) is -0.472. The van der Waals surface area contributed by atoms with Crippen LogP contribution < -0.4 is 0 Å². The largest absolute Gasteiger partial charge is 0.347 e. The number of nitro groups is 3. The number of hydrogen-bond donors (Lipinski definition) is 0. The Kier molecular flexibility index (Phi) is 9.08. The molecule has 0 radical (unpaired) electrons. The molecule has 5 atom stereocenters. The Hall–Kier alpha value is -4.49. The van der Waals surface area contributed by atoms with Crippen LogP contribution in [0.3, 0.4) is 0 Å². The zero-order valence-corrected chi connectivity index (χ0v) is 25.5. The smallest absolute Gasteiger partial charge is 0.297 e. The van der Waals surface area contributed by atoms with Crippen LogP contribution in [0.2, 0.25) is 0 Å². The van der Waals surface area contributed by atoms with E-state index in [-0.39, 0.29) is 0 Å². The van der Waals surface area contributed by atoms with Crippen molar-refractivity contribution in [3.63, 3.8) is 0 Å². The Morgan fingerprint density at radius 2 is 0.851 bits per heavy atom. The fourth-order valence-electron chi connectivity index (χ4n) is 4.47. The Morgan fingerprint density at radius 1 is 0.532 bits per heavy atom. The van der Waals surface area contributed by atoms with E-state index in [2.05, 4.69) is 0 Å². The van der Waals surface area contributed by atoms with Gasteiger partial charge in [-0.2, -0.15) is 25.3 Å². The lowest BCUT2D eigenvalue weighted by Gasteiger charge is -2.38. The number of fused-ring (bicyclic) bond motifs is 2. The summed E-state index contributed by atoms with van der Waals surface area (Å²) in [5.74, 6) is 0. The second-order valence-corrected chi connectivity index (χ2v) is 14.4. The Morgan fingerprint density at radius 3 is 1.19 bits per heavy atom. The van der Waals surface area contributed by atoms with E-state index in [9.17, 15) is 55.6 Å². The third kappa shape index (κ3) is 7.10. The molecule has 2 aliphatic heterocycles. The molecule has 0 amide bonds. The zero-order chi connectivity index (χ0) is 34.3. The lowest BCUT2D eigenvalue weighted by Crippen LogP contribution is -2.58. The van der Waals surface area contributed by atoms with Crippen molar-refractivity contribution < 1.29 is 62.0 Å². The topological polar surface area (TPSA) is 278 Å². The number of rotatable bonds is 12. The van der Waals surface area contributed by atoms with Gasteiger partial charge in [0.1, 0.15) is 18.3 Å². The summed E-state index contributed by atoms with van der Waals surface area (Å²) in [5, 5.41) is 33.0. The van der Waals surface area contributed by atoms with Crippen LogP contribution in [0.5, 0.6) is 0 Å². The van der Waals surface area contributed by atoms with Crippen LogP contribution in [0.15, 0.2) is 87.5 Å². The quantitative estimate of drug-likeness (QED) is 0.147. The van der Waals surface area contributed by atoms with Crippen molar-refractivity contribution in [1.29, 1.82) is 0 Å². The van der Waals surface area contributed by atoms with Crippen LogP contribution in [-0.4, -0.2) is 77.3 Å². The molecule has 47 heavy (non-hydrogen) atoms. The Bertz CT molecular complexity index is 1930. The van der Waals surface area contributed by atoms with E-state index in [1.54, 1.807) is 0 Å². The highest BCUT2D eigenvalue weighted by Crippen LogP contribution is 2.38. The Labute approximate surface area is 264 Å². The molecule has 5 rings (SSSR count). The van der Waals surface area contributed by atoms with Crippen molar-refractivity contribution in [3.8, 4) is 0 Å². The second-order valence-electron chi connectivity index (χ2n) is 9.67. The van der Waals surface area contributed by atoms with Crippen LogP contribution in [0.1, 0.15) is 0 Å². The number of benzene rings is 3. The van der Waals surface area contributed by atoms with Gasteiger partial charge in [-0.1, -0.05) is 0 Å². The molecular formula is C24H19N3O17S3. The first-order valence-corrected chi connectivity index (χ1v) is 17.0. The molecule has 0 aliphatic carbocycles. The van der Waals surface area contributed by atoms with Gasteiger partial charge in [0.05, 0.1) is 36.1 Å². The van der Waals surface area contributed by atoms with Gasteiger partial charge in [0.15, 0.2) is 12.4 Å². The first-order chi connectivity index (χ1) is 22.0. The van der Waals surface area contributed by atoms with E-state index in [4.69, 9.17) is 22.0 Å². The Balaban J connectivity index is 1.54. The average molecular weight is 718 g/mol. The van der Waals surface area contributed by atoms with Crippen molar-refractivity contribution >= 4 is 47.4 Å². The first kappa shape index (κ1) is 33.9. The van der Waals surface area contributed by atoms with Crippen LogP contribution >= 0.6 is 0 Å². The van der Waals surface area contributed by atoms with Crippen LogP contribution in [0.4, 0.5) is 17.1 Å². The molecule has 2 saturated heterocycles. The minimum absolute atomic E-state index is 0.461. The van der Waals surface area contributed by atoms with E-state index in [0.717, 1.165) is 72.8 Å². The number of ether oxygens (including phenoxy) is 2. The molecule has 0 unspecified atom stereocenters. The van der Waals surface area contributed by atoms with Crippen LogP contribution in [0, 0.1) is 30.3 Å². The number of nitro benzene ring substituents is 3. The van der Waals surface area contributed by atoms with Gasteiger partial charge in [0.2, 0.25) is 0 Å². The van der Waals surface area contributed by atoms with Crippen molar-refractivity contribution in [2.45, 2.75) is 45.4 Å². The number of nitrogens with zero attached hydrogens (tertiary/aromatic N) is 3. The zero-order valence-electron chi connectivity index (χ0n) is 23.0. The highest BCUT2D eigenvalue weighted by Gasteiger charge is 2.57. The highest BCUT2D eigenvalue weighted by molar-refractivity contribution is 7.87. The third-order valence-corrected chi connectivity index (χ3v) is 10.7. The molecule has 2 fully saturated rings. The van der Waals surface area contributed by atoms with Crippen molar-refractivity contribution in [3.05, 3.63) is 103 Å². The lowest BCUT2D eigenvalue weighted by atomic mass is 10.0. The van der Waals surface area contributed by atoms with Gasteiger partial charge in [-0.3, -0.25) is 42.9 Å². The second kappa shape index (κ2) is 12.6. The summed E-state index contributed by atoms with van der Waals surface area (Å²) in [7, 11) is -14.8. The summed E-state index contributed by atoms with van der Waals surface area (Å²) in [5.41, 5.74) is -1.41. The van der Waals surface area contributed by atoms with E-state index >= 15 is 0 Å². The average Bonchev–Trinajstić information content (AvgIpc) is 3.47. The van der Waals surface area contributed by atoms with Gasteiger partial charge in [-0.15, -0.1) is 0 Å². The van der Waals surface area contributed by atoms with Crippen LogP contribution in [0.25, 0.3) is 0 Å². The molecule has 20 nitrogen and oxygen atoms in total. The van der Waals surface area contributed by atoms with E-state index in [1.165, 1.54) is 0 Å². The molecule has 3 aromatic carbocycles. The molecule has 2 heterocycles. The fraction of sp³-hybridized carbons (Fsp3) is 0.250. The molecule has 0 saturated carbocycles. The standard InChI is InChI=1S/C24H19N3O17S3/c28-25(29)14-1-7-17(8-2-14)45(34,35)42-21-20-13-40-24(41-20)23(44-47(38,39)19-11-5-16(6-12-19)27(32)33)22(21)43-46(36,37)18-9-3-15(4-10-18)26(30)31/h1-12,20-24H,13H2/t20-,21-,22+,23-,24-/m1/s1. The maximum atomic E-state index is 13.4. The summed E-state index contributed by atoms with van der Waals surface area (Å²) in [6.07, 6.45) is -9.33. The van der Waals surface area contributed by atoms with E-state index in [0.29, 0.717) is 0 Å². The van der Waals surface area contributed by atoms with Crippen molar-refractivity contribution in [2.24, 2.45) is 0 Å². The predicted molar refractivity (Wildman–Crippen MR) is 150 cm³/mol. The fourth-order valence-corrected chi connectivity index (χ4v) is 7.75. The molecule has 0 spiro atoms. The minimum atomic E-state index is -4.99. The summed E-state index contributed by atoms with van der Waals surface area (Å²) in [6, 6.07) is 10.0. The summed E-state index contributed by atoms with van der Waals surface area (Å²) >= 11 is 0. The number of hydrogen-bond acceptors (Lipinski definition) is 17. The molecule has 3 aromatic rings. The molecule has 0 aromatic heterocycles. The minimum Gasteiger partial charge on any atom is -0.347 e. The van der Waals surface area contributed by atoms with Crippen LogP contribution in [-0.2, 0) is 52.4 Å². The summed E-state index contributed by atoms with van der Waals surface area (Å²) < 4.78 is 107. The SMILES string of the molecule is O=[N+]([O-])c1ccc(S(=O)(=O)O[C@@H]2[C@@H](OS(=O)(=O)c3ccc([N+](=O)[O-])cc3)[C@@H]3OC[C@@H](O3)[C@H]2OS(=O)(=O)c2ccc([N+](=O)[O-])cc2)cc1. The predicted octanol–water partition coefficient (Wildman–Crippen LogP) is 1.79. The molecule has 2 aliphatic rings. The van der Waals surface area contributed by atoms with Gasteiger partial charge in [-0.05, 0) is 36.4 Å². The number of non-ortho nitro benzene ring substituents is 3. The first-order valence-electron chi connectivity index (χ1n) is 12.8. The van der Waals surface area contributed by atoms with Gasteiger partial charge >= 0.3 is 0 Å². The van der Waals surface area contributed by atoms with Crippen molar-refractivity contribution in [1.82, 2.24) is 0 Å². The van der Waals surface area contributed by atoms with Gasteiger partial charge in [0, 0.05) is 36.4 Å². The third-order valence-electron chi connectivity index (χ3n) is 6.74. The summed E-state index contributed by atoms with van der Waals surface area (Å²) in [4.78, 5) is 28.8. The van der Waals surface area contributed by atoms with Gasteiger partial charge in [-0.25, -0.2) is 0 Å². The molecule has 2 bridgehead atoms.